The average Bonchev–Trinajstić information content (AvgIpc) is 2.73. The highest BCUT2D eigenvalue weighted by molar-refractivity contribution is 5.84. The standard InChI is InChI=1S/C13H19N5O2/c1-8-4-5-10-11(16-8)18(13(14)17-10)9(2)12(19)15-6-7-20-3/h4-5,9H,6-7H2,1-3H3,(H2,14,17)(H,15,19). The number of carbonyl (C=O) groups is 1. The fourth-order valence-corrected chi connectivity index (χ4v) is 2.01. The van der Waals surface area contributed by atoms with Crippen LogP contribution in [-0.2, 0) is 9.53 Å². The average molecular weight is 277 g/mol. The van der Waals surface area contributed by atoms with Crippen LogP contribution in [0, 0.1) is 6.92 Å². The lowest BCUT2D eigenvalue weighted by Gasteiger charge is -2.15. The van der Waals surface area contributed by atoms with Crippen LogP contribution < -0.4 is 11.1 Å². The Kier molecular flexibility index (Phi) is 4.19. The highest BCUT2D eigenvalue weighted by Crippen LogP contribution is 2.21. The topological polar surface area (TPSA) is 95.1 Å². The van der Waals surface area contributed by atoms with E-state index < -0.39 is 6.04 Å². The Bertz CT molecular complexity index is 622. The first-order valence-electron chi connectivity index (χ1n) is 6.42. The summed E-state index contributed by atoms with van der Waals surface area (Å²) in [6, 6.07) is 3.23. The highest BCUT2D eigenvalue weighted by atomic mass is 16.5. The molecule has 0 saturated carbocycles. The molecule has 0 aliphatic carbocycles. The largest absolute Gasteiger partial charge is 0.383 e. The van der Waals surface area contributed by atoms with E-state index in [2.05, 4.69) is 15.3 Å². The maximum atomic E-state index is 12.1. The van der Waals surface area contributed by atoms with Gasteiger partial charge in [0.05, 0.1) is 6.61 Å². The van der Waals surface area contributed by atoms with Crippen molar-refractivity contribution in [3.8, 4) is 0 Å². The molecule has 2 rings (SSSR count). The molecule has 7 heteroatoms. The van der Waals surface area contributed by atoms with Gasteiger partial charge in [0.2, 0.25) is 11.9 Å². The summed E-state index contributed by atoms with van der Waals surface area (Å²) >= 11 is 0. The van der Waals surface area contributed by atoms with E-state index >= 15 is 0 Å². The van der Waals surface area contributed by atoms with Gasteiger partial charge in [-0.2, -0.15) is 0 Å². The van der Waals surface area contributed by atoms with Crippen LogP contribution in [0.25, 0.3) is 11.2 Å². The SMILES string of the molecule is COCCNC(=O)C(C)n1c(N)nc2ccc(C)nc21. The number of aryl methyl sites for hydroxylation is 1. The Morgan fingerprint density at radius 3 is 2.95 bits per heavy atom. The molecular weight excluding hydrogens is 258 g/mol. The van der Waals surface area contributed by atoms with E-state index in [1.54, 1.807) is 18.6 Å². The summed E-state index contributed by atoms with van der Waals surface area (Å²) in [5.41, 5.74) is 8.06. The van der Waals surface area contributed by atoms with E-state index in [4.69, 9.17) is 10.5 Å². The van der Waals surface area contributed by atoms with Crippen molar-refractivity contribution >= 4 is 23.0 Å². The van der Waals surface area contributed by atoms with Crippen molar-refractivity contribution in [3.63, 3.8) is 0 Å². The van der Waals surface area contributed by atoms with Crippen molar-refractivity contribution in [1.29, 1.82) is 0 Å². The molecule has 20 heavy (non-hydrogen) atoms. The number of nitrogens with two attached hydrogens (primary N) is 1. The van der Waals surface area contributed by atoms with Crippen LogP contribution in [0.3, 0.4) is 0 Å². The number of hydrogen-bond donors (Lipinski definition) is 2. The van der Waals surface area contributed by atoms with Crippen LogP contribution in [0.1, 0.15) is 18.7 Å². The van der Waals surface area contributed by atoms with Crippen LogP contribution in [0.15, 0.2) is 12.1 Å². The lowest BCUT2D eigenvalue weighted by Crippen LogP contribution is -2.33. The molecule has 7 nitrogen and oxygen atoms in total. The fraction of sp³-hybridized carbons (Fsp3) is 0.462. The van der Waals surface area contributed by atoms with Gasteiger partial charge in [0.15, 0.2) is 5.65 Å². The molecule has 0 fully saturated rings. The molecule has 3 N–H and O–H groups in total. The molecule has 0 aliphatic heterocycles. The van der Waals surface area contributed by atoms with Crippen LogP contribution in [0.4, 0.5) is 5.95 Å². The Morgan fingerprint density at radius 2 is 2.25 bits per heavy atom. The molecule has 0 spiro atoms. The van der Waals surface area contributed by atoms with Crippen molar-refractivity contribution in [2.24, 2.45) is 0 Å². The summed E-state index contributed by atoms with van der Waals surface area (Å²) in [5.74, 6) is 0.142. The van der Waals surface area contributed by atoms with Gasteiger partial charge in [-0.25, -0.2) is 9.97 Å². The highest BCUT2D eigenvalue weighted by Gasteiger charge is 2.20. The fourth-order valence-electron chi connectivity index (χ4n) is 2.01. The molecule has 108 valence electrons. The number of rotatable bonds is 5. The molecule has 0 aromatic carbocycles. The van der Waals surface area contributed by atoms with Crippen molar-refractivity contribution < 1.29 is 9.53 Å². The minimum absolute atomic E-state index is 0.142. The smallest absolute Gasteiger partial charge is 0.243 e. The normalized spacial score (nSPS) is 12.6. The van der Waals surface area contributed by atoms with Gasteiger partial charge in [0.25, 0.3) is 0 Å². The molecule has 2 heterocycles. The zero-order valence-electron chi connectivity index (χ0n) is 11.9. The maximum absolute atomic E-state index is 12.1. The minimum atomic E-state index is -0.480. The number of pyridine rings is 1. The molecule has 2 aromatic heterocycles. The number of anilines is 1. The number of nitrogens with zero attached hydrogens (tertiary/aromatic N) is 3. The van der Waals surface area contributed by atoms with Crippen molar-refractivity contribution in [3.05, 3.63) is 17.8 Å². The van der Waals surface area contributed by atoms with Gasteiger partial charge < -0.3 is 15.8 Å². The quantitative estimate of drug-likeness (QED) is 0.782. The second kappa shape index (κ2) is 5.87. The van der Waals surface area contributed by atoms with Crippen molar-refractivity contribution in [2.45, 2.75) is 19.9 Å². The van der Waals surface area contributed by atoms with Crippen LogP contribution in [0.5, 0.6) is 0 Å². The monoisotopic (exact) mass is 277 g/mol. The van der Waals surface area contributed by atoms with E-state index in [1.807, 2.05) is 19.1 Å². The van der Waals surface area contributed by atoms with Gasteiger partial charge in [0.1, 0.15) is 11.6 Å². The predicted octanol–water partition coefficient (Wildman–Crippen LogP) is 0.646. The molecule has 0 radical (unpaired) electrons. The molecule has 2 aromatic rings. The first kappa shape index (κ1) is 14.3. The van der Waals surface area contributed by atoms with Crippen LogP contribution in [-0.4, -0.2) is 40.7 Å². The Morgan fingerprint density at radius 1 is 1.50 bits per heavy atom. The van der Waals surface area contributed by atoms with Gasteiger partial charge in [-0.1, -0.05) is 0 Å². The third kappa shape index (κ3) is 2.72. The number of nitrogen functional groups attached to an aromatic ring is 1. The van der Waals surface area contributed by atoms with Gasteiger partial charge in [0, 0.05) is 19.3 Å². The lowest BCUT2D eigenvalue weighted by atomic mass is 10.3. The molecule has 1 atom stereocenters. The van der Waals surface area contributed by atoms with E-state index in [-0.39, 0.29) is 11.9 Å². The minimum Gasteiger partial charge on any atom is -0.383 e. The second-order valence-corrected chi connectivity index (χ2v) is 4.60. The van der Waals surface area contributed by atoms with E-state index in [0.29, 0.717) is 24.3 Å². The third-order valence-electron chi connectivity index (χ3n) is 3.08. The first-order chi connectivity index (χ1) is 9.54. The number of amides is 1. The number of carbonyl (C=O) groups excluding carboxylic acids is 1. The third-order valence-corrected chi connectivity index (χ3v) is 3.08. The summed E-state index contributed by atoms with van der Waals surface area (Å²) in [6.07, 6.45) is 0. The molecule has 0 bridgehead atoms. The Labute approximate surface area is 117 Å². The molecule has 1 unspecified atom stereocenters. The van der Waals surface area contributed by atoms with E-state index in [1.165, 1.54) is 0 Å². The number of ether oxygens (including phenoxy) is 1. The van der Waals surface area contributed by atoms with Crippen molar-refractivity contribution in [1.82, 2.24) is 19.9 Å². The van der Waals surface area contributed by atoms with E-state index in [0.717, 1.165) is 5.69 Å². The number of hydrogen-bond acceptors (Lipinski definition) is 5. The number of aromatic nitrogens is 3. The summed E-state index contributed by atoms with van der Waals surface area (Å²) in [7, 11) is 1.59. The molecule has 0 aliphatic rings. The maximum Gasteiger partial charge on any atom is 0.243 e. The summed E-state index contributed by atoms with van der Waals surface area (Å²) < 4.78 is 6.54. The molecule has 0 saturated heterocycles. The molecular formula is C13H19N5O2. The van der Waals surface area contributed by atoms with Gasteiger partial charge in [-0.05, 0) is 26.0 Å². The Hall–Kier alpha value is -2.15. The van der Waals surface area contributed by atoms with Gasteiger partial charge >= 0.3 is 0 Å². The first-order valence-corrected chi connectivity index (χ1v) is 6.42. The zero-order valence-corrected chi connectivity index (χ0v) is 11.9. The van der Waals surface area contributed by atoms with Gasteiger partial charge in [-0.3, -0.25) is 9.36 Å². The number of imidazole rings is 1. The summed E-state index contributed by atoms with van der Waals surface area (Å²) in [6.45, 7) is 4.58. The van der Waals surface area contributed by atoms with Crippen LogP contribution >= 0.6 is 0 Å². The molecule has 1 amide bonds. The van der Waals surface area contributed by atoms with Crippen LogP contribution in [0.2, 0.25) is 0 Å². The van der Waals surface area contributed by atoms with E-state index in [9.17, 15) is 4.79 Å². The second-order valence-electron chi connectivity index (χ2n) is 4.60. The number of fused-ring (bicyclic) bond motifs is 1. The van der Waals surface area contributed by atoms with Gasteiger partial charge in [-0.15, -0.1) is 0 Å². The number of methoxy groups -OCH3 is 1. The lowest BCUT2D eigenvalue weighted by molar-refractivity contribution is -0.123. The summed E-state index contributed by atoms with van der Waals surface area (Å²) in [4.78, 5) is 20.7. The van der Waals surface area contributed by atoms with Crippen molar-refractivity contribution in [2.75, 3.05) is 26.0 Å². The predicted molar refractivity (Wildman–Crippen MR) is 76.3 cm³/mol. The summed E-state index contributed by atoms with van der Waals surface area (Å²) in [5, 5.41) is 2.78. The zero-order chi connectivity index (χ0) is 14.7. The Balaban J connectivity index is 2.29. The number of nitrogens with one attached hydrogen (secondary N) is 1.